The number of carbonyl (C=O) groups is 2. The molecule has 12 nitrogen and oxygen atoms in total. The van der Waals surface area contributed by atoms with Crippen LogP contribution in [0.2, 0.25) is 0 Å². The minimum Gasteiger partial charge on any atom is -0.450 e. The number of benzene rings is 1. The number of amides is 1. The first-order chi connectivity index (χ1) is 16.1. The fourth-order valence-corrected chi connectivity index (χ4v) is 4.32. The molecule has 0 spiro atoms. The molecule has 1 atom stereocenters. The standard InChI is InChI=1S/C20H21FN6O6S/c1-20(2,33-19(30)31)6-16-23-25-27(24-16)9-17-22-7-15(34-17)13-4-3-11(5-14(13)21)26-8-12(10-28)32-18(26)29/h3-5,7,12,28H,6,8-10H2,1-2H3,(H,30,31)/t12-/m1/s1. The third-order valence-corrected chi connectivity index (χ3v) is 5.89. The van der Waals surface area contributed by atoms with Gasteiger partial charge in [-0.25, -0.2) is 19.0 Å². The summed E-state index contributed by atoms with van der Waals surface area (Å²) in [6.45, 7) is 3.24. The van der Waals surface area contributed by atoms with Crippen LogP contribution in [-0.4, -0.2) is 72.5 Å². The van der Waals surface area contributed by atoms with E-state index < -0.39 is 29.8 Å². The monoisotopic (exact) mass is 492 g/mol. The van der Waals surface area contributed by atoms with Crippen LogP contribution >= 0.6 is 11.3 Å². The zero-order valence-corrected chi connectivity index (χ0v) is 19.0. The lowest BCUT2D eigenvalue weighted by Gasteiger charge is -2.20. The Labute approximate surface area is 196 Å². The second-order valence-electron chi connectivity index (χ2n) is 8.12. The predicted molar refractivity (Wildman–Crippen MR) is 116 cm³/mol. The molecule has 2 aromatic heterocycles. The van der Waals surface area contributed by atoms with Gasteiger partial charge in [0.1, 0.15) is 29.1 Å². The molecule has 4 rings (SSSR count). The molecule has 1 saturated heterocycles. The number of aliphatic hydroxyl groups excluding tert-OH is 1. The maximum atomic E-state index is 14.8. The Morgan fingerprint density at radius 2 is 2.21 bits per heavy atom. The topological polar surface area (TPSA) is 153 Å². The van der Waals surface area contributed by atoms with E-state index in [0.717, 1.165) is 0 Å². The largest absolute Gasteiger partial charge is 0.506 e. The van der Waals surface area contributed by atoms with Crippen molar-refractivity contribution in [3.05, 3.63) is 41.0 Å². The van der Waals surface area contributed by atoms with E-state index in [9.17, 15) is 14.0 Å². The first-order valence-corrected chi connectivity index (χ1v) is 11.0. The lowest BCUT2D eigenvalue weighted by molar-refractivity contribution is 0.00317. The van der Waals surface area contributed by atoms with E-state index in [1.165, 1.54) is 33.3 Å². The summed E-state index contributed by atoms with van der Waals surface area (Å²) < 4.78 is 24.6. The van der Waals surface area contributed by atoms with Gasteiger partial charge >= 0.3 is 12.2 Å². The summed E-state index contributed by atoms with van der Waals surface area (Å²) in [4.78, 5) is 30.1. The van der Waals surface area contributed by atoms with Crippen molar-refractivity contribution in [3.8, 4) is 10.4 Å². The van der Waals surface area contributed by atoms with Gasteiger partial charge < -0.3 is 19.7 Å². The summed E-state index contributed by atoms with van der Waals surface area (Å²) in [5.41, 5.74) is -0.359. The Bertz CT molecular complexity index is 1210. The molecule has 1 amide bonds. The Balaban J connectivity index is 1.43. The second kappa shape index (κ2) is 9.30. The van der Waals surface area contributed by atoms with E-state index in [1.807, 2.05) is 0 Å². The lowest BCUT2D eigenvalue weighted by Crippen LogP contribution is -2.30. The molecule has 0 saturated carbocycles. The molecule has 1 aliphatic heterocycles. The van der Waals surface area contributed by atoms with Crippen LogP contribution < -0.4 is 4.90 Å². The number of thiazole rings is 1. The van der Waals surface area contributed by atoms with Crippen LogP contribution in [0.1, 0.15) is 24.7 Å². The quantitative estimate of drug-likeness (QED) is 0.448. The third kappa shape index (κ3) is 5.28. The van der Waals surface area contributed by atoms with Crippen LogP contribution in [0.25, 0.3) is 10.4 Å². The fraction of sp³-hybridized carbons (Fsp3) is 0.400. The first kappa shape index (κ1) is 23.5. The Morgan fingerprint density at radius 3 is 2.88 bits per heavy atom. The highest BCUT2D eigenvalue weighted by molar-refractivity contribution is 7.15. The van der Waals surface area contributed by atoms with Gasteiger partial charge in [-0.2, -0.15) is 4.80 Å². The summed E-state index contributed by atoms with van der Waals surface area (Å²) in [6.07, 6.45) is -0.984. The molecule has 1 aliphatic rings. The van der Waals surface area contributed by atoms with Crippen molar-refractivity contribution in [2.24, 2.45) is 0 Å². The van der Waals surface area contributed by atoms with Gasteiger partial charge in [0.05, 0.1) is 30.1 Å². The number of carboxylic acid groups (broad SMARTS) is 1. The molecule has 2 N–H and O–H groups in total. The number of tetrazole rings is 1. The summed E-state index contributed by atoms with van der Waals surface area (Å²) in [6, 6.07) is 4.39. The molecular weight excluding hydrogens is 471 g/mol. The van der Waals surface area contributed by atoms with Crippen LogP contribution in [0.3, 0.4) is 0 Å². The van der Waals surface area contributed by atoms with E-state index >= 15 is 0 Å². The Morgan fingerprint density at radius 1 is 1.41 bits per heavy atom. The van der Waals surface area contributed by atoms with Crippen molar-refractivity contribution in [2.45, 2.75) is 38.5 Å². The van der Waals surface area contributed by atoms with Gasteiger partial charge in [0.15, 0.2) is 5.82 Å². The zero-order chi connectivity index (χ0) is 24.5. The minimum atomic E-state index is -1.39. The number of cyclic esters (lactones) is 1. The van der Waals surface area contributed by atoms with Gasteiger partial charge in [-0.05, 0) is 37.3 Å². The lowest BCUT2D eigenvalue weighted by atomic mass is 10.1. The molecule has 0 radical (unpaired) electrons. The Hall–Kier alpha value is -3.65. The Kier molecular flexibility index (Phi) is 6.43. The molecule has 180 valence electrons. The highest BCUT2D eigenvalue weighted by Gasteiger charge is 2.32. The van der Waals surface area contributed by atoms with Gasteiger partial charge in [-0.1, -0.05) is 0 Å². The number of rotatable bonds is 8. The van der Waals surface area contributed by atoms with Crippen molar-refractivity contribution < 1.29 is 33.7 Å². The molecule has 0 unspecified atom stereocenters. The highest BCUT2D eigenvalue weighted by Crippen LogP contribution is 2.32. The second-order valence-corrected chi connectivity index (χ2v) is 9.24. The zero-order valence-electron chi connectivity index (χ0n) is 18.2. The van der Waals surface area contributed by atoms with Crippen molar-refractivity contribution in [1.82, 2.24) is 25.2 Å². The van der Waals surface area contributed by atoms with Crippen LogP contribution in [0, 0.1) is 5.82 Å². The summed E-state index contributed by atoms with van der Waals surface area (Å²) in [7, 11) is 0. The summed E-state index contributed by atoms with van der Waals surface area (Å²) in [5, 5.41) is 30.7. The number of hydrogen-bond donors (Lipinski definition) is 2. The van der Waals surface area contributed by atoms with E-state index in [2.05, 4.69) is 20.4 Å². The molecule has 3 aromatic rings. The SMILES string of the molecule is CC(C)(Cc1nnn(Cc2ncc(-c3ccc(N4C[C@H](CO)OC4=O)cc3F)s2)n1)OC(=O)O. The minimum absolute atomic E-state index is 0.142. The molecule has 0 aliphatic carbocycles. The van der Waals surface area contributed by atoms with E-state index in [4.69, 9.17) is 19.7 Å². The number of anilines is 1. The van der Waals surface area contributed by atoms with Crippen LogP contribution in [-0.2, 0) is 22.4 Å². The van der Waals surface area contributed by atoms with E-state index in [0.29, 0.717) is 27.0 Å². The average Bonchev–Trinajstić information content (AvgIpc) is 3.47. The molecule has 1 fully saturated rings. The van der Waals surface area contributed by atoms with Crippen LogP contribution in [0.4, 0.5) is 19.7 Å². The first-order valence-electron chi connectivity index (χ1n) is 10.2. The fourth-order valence-electron chi connectivity index (χ4n) is 3.40. The van der Waals surface area contributed by atoms with Gasteiger partial charge in [-0.3, -0.25) is 4.90 Å². The van der Waals surface area contributed by atoms with E-state index in [-0.39, 0.29) is 26.1 Å². The third-order valence-electron chi connectivity index (χ3n) is 4.88. The number of halogens is 1. The number of aliphatic hydroxyl groups is 1. The molecule has 14 heteroatoms. The number of nitrogens with zero attached hydrogens (tertiary/aromatic N) is 6. The van der Waals surface area contributed by atoms with Gasteiger partial charge in [0.2, 0.25) is 0 Å². The van der Waals surface area contributed by atoms with Crippen LogP contribution in [0.5, 0.6) is 0 Å². The van der Waals surface area contributed by atoms with Crippen molar-refractivity contribution in [2.75, 3.05) is 18.1 Å². The molecule has 3 heterocycles. The normalized spacial score (nSPS) is 16.1. The number of aromatic nitrogens is 5. The van der Waals surface area contributed by atoms with Crippen molar-refractivity contribution >= 4 is 29.3 Å². The molecule has 34 heavy (non-hydrogen) atoms. The highest BCUT2D eigenvalue weighted by atomic mass is 32.1. The molecule has 1 aromatic carbocycles. The summed E-state index contributed by atoms with van der Waals surface area (Å²) in [5.74, 6) is -0.219. The predicted octanol–water partition coefficient (Wildman–Crippen LogP) is 2.32. The van der Waals surface area contributed by atoms with Gasteiger partial charge in [0.25, 0.3) is 0 Å². The molecular formula is C20H21FN6O6S. The maximum Gasteiger partial charge on any atom is 0.506 e. The van der Waals surface area contributed by atoms with Crippen molar-refractivity contribution in [3.63, 3.8) is 0 Å². The number of carbonyl (C=O) groups excluding carboxylic acids is 1. The number of hydrogen-bond acceptors (Lipinski definition) is 10. The van der Waals surface area contributed by atoms with Crippen molar-refractivity contribution in [1.29, 1.82) is 0 Å². The van der Waals surface area contributed by atoms with Gasteiger partial charge in [-0.15, -0.1) is 21.5 Å². The summed E-state index contributed by atoms with van der Waals surface area (Å²) >= 11 is 1.25. The van der Waals surface area contributed by atoms with E-state index in [1.54, 1.807) is 26.0 Å². The van der Waals surface area contributed by atoms with Crippen LogP contribution in [0.15, 0.2) is 24.4 Å². The number of ether oxygens (including phenoxy) is 2. The van der Waals surface area contributed by atoms with Gasteiger partial charge in [0, 0.05) is 11.8 Å². The smallest absolute Gasteiger partial charge is 0.450 e. The maximum absolute atomic E-state index is 14.8. The molecule has 0 bridgehead atoms. The average molecular weight is 492 g/mol.